The molecule has 0 heterocycles. The van der Waals surface area contributed by atoms with Crippen molar-refractivity contribution in [3.8, 4) is 0 Å². The highest BCUT2D eigenvalue weighted by Gasteiger charge is 2.21. The molecule has 3 heteroatoms. The number of aryl methyl sites for hydroxylation is 2. The summed E-state index contributed by atoms with van der Waals surface area (Å²) in [5.74, 6) is 0.0950. The van der Waals surface area contributed by atoms with Gasteiger partial charge in [0.1, 0.15) is 0 Å². The Kier molecular flexibility index (Phi) is 8.26. The van der Waals surface area contributed by atoms with Gasteiger partial charge in [-0.25, -0.2) is 0 Å². The summed E-state index contributed by atoms with van der Waals surface area (Å²) in [7, 11) is 0. The molecule has 0 amide bonds. The van der Waals surface area contributed by atoms with E-state index in [4.69, 9.17) is 11.6 Å². The molecule has 0 N–H and O–H groups in total. The summed E-state index contributed by atoms with van der Waals surface area (Å²) in [6, 6.07) is 22.0. The SMILES string of the molecule is CCN(CC)c1ccc(C(c2ccc(N(CC)CC)c(C)c2)c2ccccc2Cl)cc1C. The van der Waals surface area contributed by atoms with E-state index in [1.165, 1.54) is 33.6 Å². The zero-order chi connectivity index (χ0) is 23.3. The van der Waals surface area contributed by atoms with Crippen LogP contribution in [0.4, 0.5) is 11.4 Å². The first-order chi connectivity index (χ1) is 15.4. The summed E-state index contributed by atoms with van der Waals surface area (Å²) in [4.78, 5) is 4.82. The third-order valence-electron chi connectivity index (χ3n) is 6.53. The van der Waals surface area contributed by atoms with E-state index in [9.17, 15) is 0 Å². The van der Waals surface area contributed by atoms with E-state index >= 15 is 0 Å². The summed E-state index contributed by atoms with van der Waals surface area (Å²) in [6.07, 6.45) is 0. The van der Waals surface area contributed by atoms with E-state index in [-0.39, 0.29) is 5.92 Å². The van der Waals surface area contributed by atoms with Crippen LogP contribution in [0.1, 0.15) is 61.4 Å². The molecule has 0 radical (unpaired) electrons. The van der Waals surface area contributed by atoms with E-state index in [0.29, 0.717) is 0 Å². The number of nitrogens with zero attached hydrogens (tertiary/aromatic N) is 2. The molecule has 0 spiro atoms. The first-order valence-corrected chi connectivity index (χ1v) is 12.3. The number of rotatable bonds is 9. The lowest BCUT2D eigenvalue weighted by atomic mass is 9.83. The van der Waals surface area contributed by atoms with Crippen molar-refractivity contribution in [3.05, 3.63) is 93.5 Å². The van der Waals surface area contributed by atoms with Crippen LogP contribution in [0.15, 0.2) is 60.7 Å². The van der Waals surface area contributed by atoms with Gasteiger partial charge >= 0.3 is 0 Å². The van der Waals surface area contributed by atoms with Crippen LogP contribution in [-0.4, -0.2) is 26.2 Å². The minimum atomic E-state index is 0.0950. The molecule has 0 saturated carbocycles. The highest BCUT2D eigenvalue weighted by molar-refractivity contribution is 6.31. The van der Waals surface area contributed by atoms with E-state index in [1.54, 1.807) is 0 Å². The highest BCUT2D eigenvalue weighted by atomic mass is 35.5. The molecule has 0 fully saturated rings. The van der Waals surface area contributed by atoms with Crippen LogP contribution in [0.2, 0.25) is 5.02 Å². The fourth-order valence-corrected chi connectivity index (χ4v) is 5.06. The molecule has 32 heavy (non-hydrogen) atoms. The summed E-state index contributed by atoms with van der Waals surface area (Å²) in [6.45, 7) is 17.3. The molecule has 0 aliphatic carbocycles. The van der Waals surface area contributed by atoms with Crippen LogP contribution in [0.5, 0.6) is 0 Å². The molecule has 170 valence electrons. The number of hydrogen-bond donors (Lipinski definition) is 0. The van der Waals surface area contributed by atoms with Crippen molar-refractivity contribution in [2.45, 2.75) is 47.5 Å². The normalized spacial score (nSPS) is 11.1. The zero-order valence-electron chi connectivity index (χ0n) is 20.5. The van der Waals surface area contributed by atoms with Gasteiger partial charge in [-0.15, -0.1) is 0 Å². The predicted octanol–water partition coefficient (Wildman–Crippen LogP) is 7.83. The van der Waals surface area contributed by atoms with Crippen LogP contribution in [0.3, 0.4) is 0 Å². The van der Waals surface area contributed by atoms with E-state index in [0.717, 1.165) is 36.8 Å². The van der Waals surface area contributed by atoms with Crippen LogP contribution in [-0.2, 0) is 0 Å². The topological polar surface area (TPSA) is 6.48 Å². The van der Waals surface area contributed by atoms with Gasteiger partial charge in [0.15, 0.2) is 0 Å². The second-order valence-electron chi connectivity index (χ2n) is 8.39. The van der Waals surface area contributed by atoms with Crippen LogP contribution in [0, 0.1) is 13.8 Å². The Bertz CT molecular complexity index is 974. The average molecular weight is 449 g/mol. The number of anilines is 2. The molecule has 0 aliphatic rings. The van der Waals surface area contributed by atoms with Crippen LogP contribution < -0.4 is 9.80 Å². The van der Waals surface area contributed by atoms with Crippen LogP contribution >= 0.6 is 11.6 Å². The van der Waals surface area contributed by atoms with Crippen molar-refractivity contribution in [3.63, 3.8) is 0 Å². The second-order valence-corrected chi connectivity index (χ2v) is 8.80. The second kappa shape index (κ2) is 10.9. The Hall–Kier alpha value is -2.45. The first kappa shape index (κ1) is 24.2. The Morgan fingerprint density at radius 2 is 1.09 bits per heavy atom. The van der Waals surface area contributed by atoms with Crippen molar-refractivity contribution >= 4 is 23.0 Å². The molecule has 3 aromatic rings. The monoisotopic (exact) mass is 448 g/mol. The van der Waals surface area contributed by atoms with Gasteiger partial charge in [-0.3, -0.25) is 0 Å². The predicted molar refractivity (Wildman–Crippen MR) is 142 cm³/mol. The standard InChI is InChI=1S/C29H37ClN2/c1-7-31(8-2)27-17-15-23(19-21(27)5)29(25-13-11-12-14-26(25)30)24-16-18-28(22(6)20-24)32(9-3)10-4/h11-20,29H,7-10H2,1-6H3. The largest absolute Gasteiger partial charge is 0.372 e. The highest BCUT2D eigenvalue weighted by Crippen LogP contribution is 2.39. The summed E-state index contributed by atoms with van der Waals surface area (Å²) >= 11 is 6.74. The summed E-state index contributed by atoms with van der Waals surface area (Å²) < 4.78 is 0. The molecule has 0 saturated heterocycles. The van der Waals surface area contributed by atoms with E-state index in [1.807, 2.05) is 12.1 Å². The number of hydrogen-bond acceptors (Lipinski definition) is 2. The van der Waals surface area contributed by atoms with Gasteiger partial charge in [0.25, 0.3) is 0 Å². The van der Waals surface area contributed by atoms with Crippen molar-refractivity contribution in [2.24, 2.45) is 0 Å². The van der Waals surface area contributed by atoms with Crippen molar-refractivity contribution in [1.82, 2.24) is 0 Å². The smallest absolute Gasteiger partial charge is 0.0447 e. The minimum absolute atomic E-state index is 0.0950. The molecule has 3 aromatic carbocycles. The van der Waals surface area contributed by atoms with Gasteiger partial charge in [0, 0.05) is 48.5 Å². The number of benzene rings is 3. The first-order valence-electron chi connectivity index (χ1n) is 11.9. The fourth-order valence-electron chi connectivity index (χ4n) is 4.82. The summed E-state index contributed by atoms with van der Waals surface area (Å²) in [5.41, 5.74) is 8.94. The fraction of sp³-hybridized carbons (Fsp3) is 0.379. The lowest BCUT2D eigenvalue weighted by Gasteiger charge is -2.27. The van der Waals surface area contributed by atoms with Gasteiger partial charge in [-0.05, 0) is 87.6 Å². The maximum Gasteiger partial charge on any atom is 0.0447 e. The van der Waals surface area contributed by atoms with Crippen molar-refractivity contribution in [1.29, 1.82) is 0 Å². The van der Waals surface area contributed by atoms with E-state index < -0.39 is 0 Å². The Balaban J connectivity index is 2.14. The molecule has 0 aromatic heterocycles. The van der Waals surface area contributed by atoms with Gasteiger partial charge in [0.05, 0.1) is 0 Å². The third-order valence-corrected chi connectivity index (χ3v) is 6.88. The van der Waals surface area contributed by atoms with Crippen LogP contribution in [0.25, 0.3) is 0 Å². The quantitative estimate of drug-likeness (QED) is 0.307. The summed E-state index contributed by atoms with van der Waals surface area (Å²) in [5, 5.41) is 0.813. The molecule has 0 bridgehead atoms. The molecule has 0 aliphatic heterocycles. The van der Waals surface area contributed by atoms with Gasteiger partial charge < -0.3 is 9.80 Å². The maximum atomic E-state index is 6.74. The lowest BCUT2D eigenvalue weighted by Crippen LogP contribution is -2.23. The number of halogens is 1. The molecule has 0 unspecified atom stereocenters. The Morgan fingerprint density at radius 1 is 0.656 bits per heavy atom. The molecule has 2 nitrogen and oxygen atoms in total. The molecule has 3 rings (SSSR count). The Labute approximate surface area is 199 Å². The van der Waals surface area contributed by atoms with Crippen molar-refractivity contribution < 1.29 is 0 Å². The maximum absolute atomic E-state index is 6.74. The van der Waals surface area contributed by atoms with Gasteiger partial charge in [-0.2, -0.15) is 0 Å². The minimum Gasteiger partial charge on any atom is -0.372 e. The third kappa shape index (κ3) is 4.96. The Morgan fingerprint density at radius 3 is 1.47 bits per heavy atom. The molecule has 0 atom stereocenters. The van der Waals surface area contributed by atoms with Gasteiger partial charge in [-0.1, -0.05) is 54.1 Å². The van der Waals surface area contributed by atoms with Gasteiger partial charge in [0.2, 0.25) is 0 Å². The molecular formula is C29H37ClN2. The average Bonchev–Trinajstić information content (AvgIpc) is 2.79. The van der Waals surface area contributed by atoms with Crippen molar-refractivity contribution in [2.75, 3.05) is 36.0 Å². The zero-order valence-corrected chi connectivity index (χ0v) is 21.2. The van der Waals surface area contributed by atoms with E-state index in [2.05, 4.69) is 99.9 Å². The molecular weight excluding hydrogens is 412 g/mol. The lowest BCUT2D eigenvalue weighted by molar-refractivity contribution is 0.857.